The van der Waals surface area contributed by atoms with E-state index >= 15 is 0 Å². The second-order valence-electron chi connectivity index (χ2n) is 4.45. The molecule has 0 unspecified atom stereocenters. The molecule has 6 nitrogen and oxygen atoms in total. The first-order valence-electron chi connectivity index (χ1n) is 6.31. The van der Waals surface area contributed by atoms with E-state index in [1.165, 1.54) is 0 Å². The van der Waals surface area contributed by atoms with Crippen LogP contribution in [-0.4, -0.2) is 41.1 Å². The predicted octanol–water partition coefficient (Wildman–Crippen LogP) is 0.780. The Morgan fingerprint density at radius 3 is 2.42 bits per heavy atom. The molecule has 2 N–H and O–H groups in total. The van der Waals surface area contributed by atoms with E-state index in [1.807, 2.05) is 12.1 Å². The number of rotatable bonds is 2. The Hall–Kier alpha value is -2.37. The number of hydrogen-bond donors (Lipinski definition) is 1. The number of aromatic nitrogens is 3. The zero-order valence-corrected chi connectivity index (χ0v) is 10.6. The van der Waals surface area contributed by atoms with Crippen molar-refractivity contribution in [3.8, 4) is 0 Å². The lowest BCUT2D eigenvalue weighted by Gasteiger charge is -2.36. The lowest BCUT2D eigenvalue weighted by Crippen LogP contribution is -2.47. The van der Waals surface area contributed by atoms with E-state index < -0.39 is 0 Å². The zero-order chi connectivity index (χ0) is 13.1. The third-order valence-corrected chi connectivity index (χ3v) is 3.27. The fourth-order valence-corrected chi connectivity index (χ4v) is 2.28. The molecule has 0 radical (unpaired) electrons. The molecule has 1 saturated heterocycles. The summed E-state index contributed by atoms with van der Waals surface area (Å²) < 4.78 is 0. The first-order valence-corrected chi connectivity index (χ1v) is 6.31. The van der Waals surface area contributed by atoms with E-state index in [0.29, 0.717) is 0 Å². The van der Waals surface area contributed by atoms with Gasteiger partial charge in [-0.15, -0.1) is 0 Å². The van der Waals surface area contributed by atoms with Gasteiger partial charge in [0.15, 0.2) is 5.82 Å². The van der Waals surface area contributed by atoms with Crippen LogP contribution in [0.3, 0.4) is 0 Å². The summed E-state index contributed by atoms with van der Waals surface area (Å²) in [7, 11) is 0. The Balaban J connectivity index is 1.69. The second-order valence-corrected chi connectivity index (χ2v) is 4.45. The molecular formula is C13H16N6. The van der Waals surface area contributed by atoms with Gasteiger partial charge in [0, 0.05) is 44.8 Å². The minimum atomic E-state index is 0.732. The first kappa shape index (κ1) is 11.7. The van der Waals surface area contributed by atoms with Crippen LogP contribution in [0.1, 0.15) is 0 Å². The van der Waals surface area contributed by atoms with Crippen molar-refractivity contribution in [1.82, 2.24) is 15.0 Å². The average Bonchev–Trinajstić information content (AvgIpc) is 2.49. The topological polar surface area (TPSA) is 71.2 Å². The van der Waals surface area contributed by atoms with Crippen LogP contribution < -0.4 is 15.5 Å². The summed E-state index contributed by atoms with van der Waals surface area (Å²) in [6, 6.07) is 3.74. The molecule has 3 heterocycles. The lowest BCUT2D eigenvalue weighted by molar-refractivity contribution is 0.641. The summed E-state index contributed by atoms with van der Waals surface area (Å²) in [5.74, 6) is 1.80. The highest BCUT2D eigenvalue weighted by molar-refractivity contribution is 5.62. The Kier molecular flexibility index (Phi) is 3.14. The van der Waals surface area contributed by atoms with E-state index in [0.717, 1.165) is 43.5 Å². The molecule has 0 aliphatic carbocycles. The molecule has 2 aromatic heterocycles. The maximum atomic E-state index is 5.96. The van der Waals surface area contributed by atoms with Crippen molar-refractivity contribution >= 4 is 17.3 Å². The van der Waals surface area contributed by atoms with E-state index in [9.17, 15) is 0 Å². The Morgan fingerprint density at radius 1 is 0.947 bits per heavy atom. The molecule has 98 valence electrons. The minimum absolute atomic E-state index is 0.732. The Labute approximate surface area is 111 Å². The molecule has 0 saturated carbocycles. The second kappa shape index (κ2) is 5.09. The highest BCUT2D eigenvalue weighted by Crippen LogP contribution is 2.21. The van der Waals surface area contributed by atoms with Crippen LogP contribution in [0.15, 0.2) is 36.9 Å². The summed E-state index contributed by atoms with van der Waals surface area (Å²) in [6.07, 6.45) is 6.98. The van der Waals surface area contributed by atoms with E-state index in [2.05, 4.69) is 24.8 Å². The highest BCUT2D eigenvalue weighted by Gasteiger charge is 2.20. The molecule has 3 rings (SSSR count). The van der Waals surface area contributed by atoms with Gasteiger partial charge in [0.25, 0.3) is 0 Å². The molecule has 1 fully saturated rings. The fraction of sp³-hybridized carbons (Fsp3) is 0.308. The summed E-state index contributed by atoms with van der Waals surface area (Å²) in [6.45, 7) is 3.57. The normalized spacial score (nSPS) is 15.6. The summed E-state index contributed by atoms with van der Waals surface area (Å²) in [5.41, 5.74) is 6.69. The van der Waals surface area contributed by atoms with E-state index in [4.69, 9.17) is 5.73 Å². The Bertz CT molecular complexity index is 536. The van der Waals surface area contributed by atoms with Crippen molar-refractivity contribution in [2.24, 2.45) is 0 Å². The maximum Gasteiger partial charge on any atom is 0.151 e. The minimum Gasteiger partial charge on any atom is -0.396 e. The summed E-state index contributed by atoms with van der Waals surface area (Å²) in [5, 5.41) is 0. The first-order chi connectivity index (χ1) is 9.34. The van der Waals surface area contributed by atoms with Gasteiger partial charge in [-0.25, -0.2) is 9.97 Å². The summed E-state index contributed by atoms with van der Waals surface area (Å²) >= 11 is 0. The van der Waals surface area contributed by atoms with Gasteiger partial charge < -0.3 is 15.5 Å². The average molecular weight is 256 g/mol. The van der Waals surface area contributed by atoms with Crippen molar-refractivity contribution < 1.29 is 0 Å². The molecule has 1 aliphatic rings. The van der Waals surface area contributed by atoms with Crippen LogP contribution in [0.4, 0.5) is 17.3 Å². The van der Waals surface area contributed by atoms with Gasteiger partial charge in [0.2, 0.25) is 0 Å². The molecule has 0 bridgehead atoms. The molecule has 1 aliphatic heterocycles. The lowest BCUT2D eigenvalue weighted by atomic mass is 10.3. The van der Waals surface area contributed by atoms with Gasteiger partial charge in [0.1, 0.15) is 5.82 Å². The largest absolute Gasteiger partial charge is 0.396 e. The van der Waals surface area contributed by atoms with Gasteiger partial charge in [-0.3, -0.25) is 4.98 Å². The number of piperazine rings is 1. The molecule has 2 aromatic rings. The molecule has 0 aromatic carbocycles. The van der Waals surface area contributed by atoms with Gasteiger partial charge in [0.05, 0.1) is 11.9 Å². The highest BCUT2D eigenvalue weighted by atomic mass is 15.3. The number of hydrogen-bond acceptors (Lipinski definition) is 6. The van der Waals surface area contributed by atoms with Gasteiger partial charge in [-0.1, -0.05) is 0 Å². The van der Waals surface area contributed by atoms with Crippen LogP contribution in [0.5, 0.6) is 0 Å². The smallest absolute Gasteiger partial charge is 0.151 e. The third-order valence-electron chi connectivity index (χ3n) is 3.27. The third kappa shape index (κ3) is 2.42. The maximum absolute atomic E-state index is 5.96. The van der Waals surface area contributed by atoms with Crippen LogP contribution >= 0.6 is 0 Å². The molecule has 0 atom stereocenters. The van der Waals surface area contributed by atoms with E-state index in [1.54, 1.807) is 24.8 Å². The molecular weight excluding hydrogens is 240 g/mol. The van der Waals surface area contributed by atoms with Gasteiger partial charge in [-0.05, 0) is 12.1 Å². The van der Waals surface area contributed by atoms with Crippen molar-refractivity contribution in [1.29, 1.82) is 0 Å². The monoisotopic (exact) mass is 256 g/mol. The van der Waals surface area contributed by atoms with Gasteiger partial charge in [-0.2, -0.15) is 0 Å². The van der Waals surface area contributed by atoms with Crippen molar-refractivity contribution in [2.75, 3.05) is 41.7 Å². The van der Waals surface area contributed by atoms with Crippen LogP contribution in [0.2, 0.25) is 0 Å². The van der Waals surface area contributed by atoms with Crippen molar-refractivity contribution in [3.05, 3.63) is 36.9 Å². The number of anilines is 3. The number of nitrogen functional groups attached to an aromatic ring is 1. The molecule has 0 spiro atoms. The van der Waals surface area contributed by atoms with Crippen LogP contribution in [0, 0.1) is 0 Å². The number of pyridine rings is 1. The molecule has 19 heavy (non-hydrogen) atoms. The van der Waals surface area contributed by atoms with Crippen LogP contribution in [-0.2, 0) is 0 Å². The van der Waals surface area contributed by atoms with E-state index in [-0.39, 0.29) is 0 Å². The Morgan fingerprint density at radius 2 is 1.74 bits per heavy atom. The number of nitrogens with two attached hydrogens (primary N) is 1. The fourth-order valence-electron chi connectivity index (χ4n) is 2.28. The SMILES string of the molecule is Nc1cccnc1N1CCN(c2cnccn2)CC1. The van der Waals surface area contributed by atoms with Crippen molar-refractivity contribution in [2.45, 2.75) is 0 Å². The molecule has 0 amide bonds. The summed E-state index contributed by atoms with van der Waals surface area (Å²) in [4.78, 5) is 17.2. The zero-order valence-electron chi connectivity index (χ0n) is 10.6. The predicted molar refractivity (Wildman–Crippen MR) is 75.1 cm³/mol. The number of nitrogens with zero attached hydrogens (tertiary/aromatic N) is 5. The van der Waals surface area contributed by atoms with Crippen molar-refractivity contribution in [3.63, 3.8) is 0 Å². The van der Waals surface area contributed by atoms with Gasteiger partial charge >= 0.3 is 0 Å². The quantitative estimate of drug-likeness (QED) is 0.856. The molecule has 6 heteroatoms. The van der Waals surface area contributed by atoms with Crippen LogP contribution in [0.25, 0.3) is 0 Å². The standard InChI is InChI=1S/C13H16N6/c14-11-2-1-3-17-13(11)19-8-6-18(7-9-19)12-10-15-4-5-16-12/h1-5,10H,6-9,14H2.